The average molecular weight is 335 g/mol. The van der Waals surface area contributed by atoms with Crippen LogP contribution in [0.4, 0.5) is 17.2 Å². The molecule has 0 aliphatic heterocycles. The Hall–Kier alpha value is -3.50. The van der Waals surface area contributed by atoms with Gasteiger partial charge in [-0.1, -0.05) is 6.07 Å². The Kier molecular flexibility index (Phi) is 4.73. The third-order valence-electron chi connectivity index (χ3n) is 3.16. The van der Waals surface area contributed by atoms with Gasteiger partial charge in [0, 0.05) is 11.8 Å². The minimum atomic E-state index is -0.957. The van der Waals surface area contributed by atoms with Crippen molar-refractivity contribution in [1.29, 1.82) is 0 Å². The maximum atomic E-state index is 12.0. The highest BCUT2D eigenvalue weighted by atomic mass is 16.6. The second-order valence-electron chi connectivity index (χ2n) is 4.71. The van der Waals surface area contributed by atoms with E-state index in [1.165, 1.54) is 14.0 Å². The summed E-state index contributed by atoms with van der Waals surface area (Å²) in [5, 5.41) is 27.9. The number of nitrogens with one attached hydrogen (secondary N) is 1. The van der Waals surface area contributed by atoms with Gasteiger partial charge in [0.1, 0.15) is 18.0 Å². The number of aromatic nitrogens is 2. The number of hydrogen-bond acceptors (Lipinski definition) is 7. The number of carbonyl (C=O) groups excluding carboxylic acids is 1. The minimum Gasteiger partial charge on any atom is -0.497 e. The van der Waals surface area contributed by atoms with Crippen molar-refractivity contribution in [2.75, 3.05) is 12.4 Å². The number of benzene rings is 1. The summed E-state index contributed by atoms with van der Waals surface area (Å²) in [4.78, 5) is 32.0. The lowest BCUT2D eigenvalue weighted by Gasteiger charge is -2.06. The molecular formula is C13H13N5O6. The zero-order valence-electron chi connectivity index (χ0n) is 12.8. The number of methoxy groups -OCH3 is 1. The summed E-state index contributed by atoms with van der Waals surface area (Å²) in [5.74, 6) is -0.903. The van der Waals surface area contributed by atoms with E-state index in [1.54, 1.807) is 24.3 Å². The van der Waals surface area contributed by atoms with Crippen LogP contribution in [0.3, 0.4) is 0 Å². The van der Waals surface area contributed by atoms with E-state index in [9.17, 15) is 25.0 Å². The van der Waals surface area contributed by atoms with Crippen molar-refractivity contribution in [2.24, 2.45) is 0 Å². The summed E-state index contributed by atoms with van der Waals surface area (Å²) < 4.78 is 5.95. The van der Waals surface area contributed by atoms with E-state index >= 15 is 0 Å². The number of nitrogens with zero attached hydrogens (tertiary/aromatic N) is 4. The third-order valence-corrected chi connectivity index (χ3v) is 3.16. The number of rotatable bonds is 6. The number of carbonyl (C=O) groups is 1. The van der Waals surface area contributed by atoms with Crippen LogP contribution >= 0.6 is 0 Å². The maximum absolute atomic E-state index is 12.0. The van der Waals surface area contributed by atoms with Gasteiger partial charge in [0.25, 0.3) is 0 Å². The Morgan fingerprint density at radius 3 is 2.58 bits per heavy atom. The number of hydrogen-bond donors (Lipinski definition) is 1. The van der Waals surface area contributed by atoms with Gasteiger partial charge in [-0.15, -0.1) is 0 Å². The lowest BCUT2D eigenvalue weighted by molar-refractivity contribution is -0.424. The van der Waals surface area contributed by atoms with Gasteiger partial charge in [-0.3, -0.25) is 14.9 Å². The van der Waals surface area contributed by atoms with Gasteiger partial charge in [-0.25, -0.2) is 0 Å². The first-order chi connectivity index (χ1) is 11.3. The molecule has 11 nitrogen and oxygen atoms in total. The normalized spacial score (nSPS) is 10.2. The standard InChI is InChI=1S/C13H13N5O6/c1-8-12(17(20)21)13(18(22)23)15-16(8)7-11(19)14-9-4-3-5-10(6-9)24-2/h3-6H,7H2,1-2H3,(H,14,19). The van der Waals surface area contributed by atoms with E-state index in [-0.39, 0.29) is 5.69 Å². The predicted molar refractivity (Wildman–Crippen MR) is 81.9 cm³/mol. The van der Waals surface area contributed by atoms with Crippen molar-refractivity contribution in [3.05, 3.63) is 50.2 Å². The van der Waals surface area contributed by atoms with Crippen molar-refractivity contribution in [3.63, 3.8) is 0 Å². The van der Waals surface area contributed by atoms with E-state index in [1.807, 2.05) is 0 Å². The minimum absolute atomic E-state index is 0.0764. The van der Waals surface area contributed by atoms with Crippen LogP contribution in [0.1, 0.15) is 5.69 Å². The predicted octanol–water partition coefficient (Wildman–Crippen LogP) is 1.66. The quantitative estimate of drug-likeness (QED) is 0.624. The number of anilines is 1. The molecule has 0 saturated heterocycles. The topological polar surface area (TPSA) is 142 Å². The third kappa shape index (κ3) is 3.45. The highest BCUT2D eigenvalue weighted by molar-refractivity contribution is 5.90. The molecule has 11 heteroatoms. The molecule has 1 aromatic carbocycles. The Labute approximate surface area is 135 Å². The molecule has 0 aliphatic rings. The fraction of sp³-hybridized carbons (Fsp3) is 0.231. The van der Waals surface area contributed by atoms with Crippen LogP contribution in [0.2, 0.25) is 0 Å². The van der Waals surface area contributed by atoms with Crippen molar-refractivity contribution >= 4 is 23.1 Å². The van der Waals surface area contributed by atoms with Crippen molar-refractivity contribution < 1.29 is 19.4 Å². The Morgan fingerprint density at radius 2 is 2.04 bits per heavy atom. The second kappa shape index (κ2) is 6.73. The number of nitro groups is 2. The summed E-state index contributed by atoms with van der Waals surface area (Å²) >= 11 is 0. The molecule has 126 valence electrons. The summed E-state index contributed by atoms with van der Waals surface area (Å²) in [6.45, 7) is 0.884. The van der Waals surface area contributed by atoms with Gasteiger partial charge in [-0.05, 0) is 24.0 Å². The molecule has 0 saturated carbocycles. The average Bonchev–Trinajstić information content (AvgIpc) is 2.84. The molecule has 2 rings (SSSR count). The first kappa shape index (κ1) is 16.9. The van der Waals surface area contributed by atoms with Crippen LogP contribution in [0.5, 0.6) is 5.75 Å². The van der Waals surface area contributed by atoms with Crippen molar-refractivity contribution in [3.8, 4) is 5.75 Å². The molecule has 1 aromatic heterocycles. The zero-order chi connectivity index (χ0) is 17.9. The smallest absolute Gasteiger partial charge is 0.468 e. The Bertz CT molecular complexity index is 815. The first-order valence-electron chi connectivity index (χ1n) is 6.63. The van der Waals surface area contributed by atoms with Gasteiger partial charge in [0.15, 0.2) is 0 Å². The molecular weight excluding hydrogens is 322 g/mol. The van der Waals surface area contributed by atoms with Crippen molar-refractivity contribution in [2.45, 2.75) is 13.5 Å². The van der Waals surface area contributed by atoms with Crippen LogP contribution in [-0.2, 0) is 11.3 Å². The summed E-state index contributed by atoms with van der Waals surface area (Å²) in [6, 6.07) is 6.57. The van der Waals surface area contributed by atoms with Gasteiger partial charge in [0.2, 0.25) is 5.91 Å². The van der Waals surface area contributed by atoms with Crippen LogP contribution < -0.4 is 10.1 Å². The fourth-order valence-corrected chi connectivity index (χ4v) is 2.05. The van der Waals surface area contributed by atoms with Crippen LogP contribution in [-0.4, -0.2) is 32.6 Å². The lowest BCUT2D eigenvalue weighted by Crippen LogP contribution is -2.20. The van der Waals surface area contributed by atoms with E-state index in [0.717, 1.165) is 4.68 Å². The lowest BCUT2D eigenvalue weighted by atomic mass is 10.3. The maximum Gasteiger partial charge on any atom is 0.468 e. The molecule has 0 radical (unpaired) electrons. The van der Waals surface area contributed by atoms with Gasteiger partial charge in [-0.2, -0.15) is 4.68 Å². The largest absolute Gasteiger partial charge is 0.497 e. The number of amides is 1. The zero-order valence-corrected chi connectivity index (χ0v) is 12.8. The van der Waals surface area contributed by atoms with Gasteiger partial charge >= 0.3 is 11.5 Å². The molecule has 0 unspecified atom stereocenters. The highest BCUT2D eigenvalue weighted by Crippen LogP contribution is 2.29. The van der Waals surface area contributed by atoms with Crippen LogP contribution in [0, 0.1) is 27.2 Å². The van der Waals surface area contributed by atoms with E-state index in [4.69, 9.17) is 4.74 Å². The molecule has 0 aliphatic carbocycles. The molecule has 0 atom stereocenters. The first-order valence-corrected chi connectivity index (χ1v) is 6.63. The van der Waals surface area contributed by atoms with E-state index < -0.39 is 33.8 Å². The Morgan fingerprint density at radius 1 is 1.33 bits per heavy atom. The summed E-state index contributed by atoms with van der Waals surface area (Å²) in [7, 11) is 1.48. The van der Waals surface area contributed by atoms with Gasteiger partial charge in [0.05, 0.1) is 17.1 Å². The monoisotopic (exact) mass is 335 g/mol. The highest BCUT2D eigenvalue weighted by Gasteiger charge is 2.35. The summed E-state index contributed by atoms with van der Waals surface area (Å²) in [5.41, 5.74) is -0.352. The molecule has 0 bridgehead atoms. The van der Waals surface area contributed by atoms with Crippen LogP contribution in [0.15, 0.2) is 24.3 Å². The molecule has 0 spiro atoms. The SMILES string of the molecule is COc1cccc(NC(=O)Cn2nc([N+](=O)[O-])c([N+](=O)[O-])c2C)c1. The van der Waals surface area contributed by atoms with E-state index in [2.05, 4.69) is 10.4 Å². The number of ether oxygens (including phenoxy) is 1. The van der Waals surface area contributed by atoms with Crippen LogP contribution in [0.25, 0.3) is 0 Å². The second-order valence-corrected chi connectivity index (χ2v) is 4.71. The van der Waals surface area contributed by atoms with Crippen molar-refractivity contribution in [1.82, 2.24) is 9.78 Å². The molecule has 1 N–H and O–H groups in total. The molecule has 1 amide bonds. The molecule has 1 heterocycles. The molecule has 0 fully saturated rings. The Balaban J connectivity index is 2.21. The molecule has 2 aromatic rings. The summed E-state index contributed by atoms with van der Waals surface area (Å²) in [6.07, 6.45) is 0. The van der Waals surface area contributed by atoms with Gasteiger partial charge < -0.3 is 20.2 Å². The van der Waals surface area contributed by atoms with E-state index in [0.29, 0.717) is 11.4 Å². The molecule has 24 heavy (non-hydrogen) atoms. The fourth-order valence-electron chi connectivity index (χ4n) is 2.05.